The van der Waals surface area contributed by atoms with Crippen LogP contribution < -0.4 is 9.47 Å². The van der Waals surface area contributed by atoms with Crippen LogP contribution in [0, 0.1) is 0 Å². The highest BCUT2D eigenvalue weighted by Gasteiger charge is 2.16. The molecule has 0 aliphatic carbocycles. The number of fused-ring (bicyclic) bond motifs is 1. The summed E-state index contributed by atoms with van der Waals surface area (Å²) in [6.45, 7) is 6.11. The quantitative estimate of drug-likeness (QED) is 0.708. The maximum atomic E-state index is 5.74. The summed E-state index contributed by atoms with van der Waals surface area (Å²) < 4.78 is 11.2. The van der Waals surface area contributed by atoms with Gasteiger partial charge >= 0.3 is 0 Å². The predicted octanol–water partition coefficient (Wildman–Crippen LogP) is 3.31. The molecule has 0 unspecified atom stereocenters. The maximum absolute atomic E-state index is 5.74. The Morgan fingerprint density at radius 1 is 1.36 bits per heavy atom. The van der Waals surface area contributed by atoms with Gasteiger partial charge in [0.25, 0.3) is 0 Å². The summed E-state index contributed by atoms with van der Waals surface area (Å²) in [5.41, 5.74) is -0.153. The van der Waals surface area contributed by atoms with Crippen LogP contribution in [0.2, 0.25) is 0 Å². The van der Waals surface area contributed by atoms with Crippen LogP contribution in [-0.4, -0.2) is 11.5 Å². The van der Waals surface area contributed by atoms with Crippen molar-refractivity contribution in [1.82, 2.24) is 0 Å². The Balaban J connectivity index is 2.21. The Bertz CT molecular complexity index is 342. The van der Waals surface area contributed by atoms with E-state index >= 15 is 0 Å². The van der Waals surface area contributed by atoms with E-state index in [1.165, 1.54) is 4.90 Å². The van der Waals surface area contributed by atoms with Crippen LogP contribution in [-0.2, 0) is 0 Å². The van der Waals surface area contributed by atoms with Gasteiger partial charge in [-0.1, -0.05) is 11.8 Å². The zero-order chi connectivity index (χ0) is 10.2. The first-order chi connectivity index (χ1) is 6.54. The number of ether oxygens (including phenoxy) is 2. The molecule has 0 aromatic heterocycles. The summed E-state index contributed by atoms with van der Waals surface area (Å²) in [4.78, 5) is 1.20. The minimum Gasteiger partial charge on any atom is -0.488 e. The molecule has 14 heavy (non-hydrogen) atoms. The van der Waals surface area contributed by atoms with Gasteiger partial charge in [0.05, 0.1) is 4.90 Å². The van der Waals surface area contributed by atoms with Gasteiger partial charge in [-0.15, -0.1) is 0 Å². The lowest BCUT2D eigenvalue weighted by atomic mass is 10.2. The molecule has 0 bridgehead atoms. The lowest BCUT2D eigenvalue weighted by molar-refractivity contribution is 0.130. The van der Waals surface area contributed by atoms with Crippen LogP contribution >= 0.6 is 11.8 Å². The molecule has 3 heteroatoms. The van der Waals surface area contributed by atoms with Gasteiger partial charge in [0, 0.05) is 6.07 Å². The Morgan fingerprint density at radius 3 is 2.86 bits per heavy atom. The minimum absolute atomic E-state index is 0.153. The van der Waals surface area contributed by atoms with Gasteiger partial charge in [0.15, 0.2) is 0 Å². The molecule has 0 spiro atoms. The SMILES string of the molecule is CC(C)(C)Oc1ccc2c(c1)OCS2. The fraction of sp³-hybridized carbons (Fsp3) is 0.455. The van der Waals surface area contributed by atoms with Gasteiger partial charge in [0.2, 0.25) is 0 Å². The summed E-state index contributed by atoms with van der Waals surface area (Å²) in [5.74, 6) is 2.53. The van der Waals surface area contributed by atoms with E-state index in [9.17, 15) is 0 Å². The van der Waals surface area contributed by atoms with Gasteiger partial charge in [-0.2, -0.15) is 0 Å². The van der Waals surface area contributed by atoms with Gasteiger partial charge < -0.3 is 9.47 Å². The number of hydrogen-bond donors (Lipinski definition) is 0. The van der Waals surface area contributed by atoms with Crippen molar-refractivity contribution < 1.29 is 9.47 Å². The van der Waals surface area contributed by atoms with Crippen molar-refractivity contribution in [2.24, 2.45) is 0 Å². The minimum atomic E-state index is -0.153. The highest BCUT2D eigenvalue weighted by atomic mass is 32.2. The topological polar surface area (TPSA) is 18.5 Å². The maximum Gasteiger partial charge on any atom is 0.138 e. The van der Waals surface area contributed by atoms with E-state index < -0.39 is 0 Å². The van der Waals surface area contributed by atoms with Crippen LogP contribution in [0.25, 0.3) is 0 Å². The molecule has 1 heterocycles. The number of thioether (sulfide) groups is 1. The van der Waals surface area contributed by atoms with Crippen molar-refractivity contribution in [2.75, 3.05) is 5.94 Å². The largest absolute Gasteiger partial charge is 0.488 e. The smallest absolute Gasteiger partial charge is 0.138 e. The molecule has 0 saturated carbocycles. The molecular formula is C11H14O2S. The first-order valence-electron chi connectivity index (χ1n) is 4.63. The summed E-state index contributed by atoms with van der Waals surface area (Å²) in [7, 11) is 0. The van der Waals surface area contributed by atoms with Crippen LogP contribution in [0.1, 0.15) is 20.8 Å². The fourth-order valence-corrected chi connectivity index (χ4v) is 2.03. The van der Waals surface area contributed by atoms with Gasteiger partial charge in [-0.3, -0.25) is 0 Å². The number of benzene rings is 1. The Morgan fingerprint density at radius 2 is 2.14 bits per heavy atom. The van der Waals surface area contributed by atoms with E-state index in [1.54, 1.807) is 11.8 Å². The molecule has 1 aliphatic rings. The Hall–Kier alpha value is -0.830. The second-order valence-electron chi connectivity index (χ2n) is 4.23. The van der Waals surface area contributed by atoms with Crippen molar-refractivity contribution in [3.63, 3.8) is 0 Å². The van der Waals surface area contributed by atoms with Gasteiger partial charge in [0.1, 0.15) is 23.0 Å². The molecule has 0 N–H and O–H groups in total. The van der Waals surface area contributed by atoms with Crippen LogP contribution in [0.5, 0.6) is 11.5 Å². The van der Waals surface area contributed by atoms with Crippen molar-refractivity contribution in [1.29, 1.82) is 0 Å². The molecule has 2 rings (SSSR count). The summed E-state index contributed by atoms with van der Waals surface area (Å²) in [6.07, 6.45) is 0. The second kappa shape index (κ2) is 3.39. The number of hydrogen-bond acceptors (Lipinski definition) is 3. The van der Waals surface area contributed by atoms with E-state index in [0.29, 0.717) is 5.94 Å². The first-order valence-corrected chi connectivity index (χ1v) is 5.62. The van der Waals surface area contributed by atoms with E-state index in [-0.39, 0.29) is 5.60 Å². The monoisotopic (exact) mass is 210 g/mol. The van der Waals surface area contributed by atoms with E-state index in [1.807, 2.05) is 39.0 Å². The molecule has 2 nitrogen and oxygen atoms in total. The van der Waals surface area contributed by atoms with Crippen LogP contribution in [0.15, 0.2) is 23.1 Å². The molecule has 0 atom stereocenters. The van der Waals surface area contributed by atoms with E-state index in [0.717, 1.165) is 11.5 Å². The Kier molecular flexibility index (Phi) is 2.35. The standard InChI is InChI=1S/C11H14O2S/c1-11(2,3)13-8-4-5-10-9(6-8)12-7-14-10/h4-6H,7H2,1-3H3. The third-order valence-corrected chi connectivity index (χ3v) is 2.65. The lowest BCUT2D eigenvalue weighted by Gasteiger charge is -2.21. The fourth-order valence-electron chi connectivity index (χ4n) is 1.29. The molecule has 76 valence electrons. The first kappa shape index (κ1) is 9.71. The molecule has 0 saturated heterocycles. The molecule has 1 aromatic carbocycles. The average molecular weight is 210 g/mol. The molecule has 1 aliphatic heterocycles. The van der Waals surface area contributed by atoms with Crippen LogP contribution in [0.4, 0.5) is 0 Å². The molecule has 0 radical (unpaired) electrons. The average Bonchev–Trinajstić information content (AvgIpc) is 2.47. The third-order valence-electron chi connectivity index (χ3n) is 1.77. The Labute approximate surface area is 88.6 Å². The predicted molar refractivity (Wildman–Crippen MR) is 58.2 cm³/mol. The van der Waals surface area contributed by atoms with E-state index in [2.05, 4.69) is 0 Å². The second-order valence-corrected chi connectivity index (χ2v) is 5.19. The van der Waals surface area contributed by atoms with E-state index in [4.69, 9.17) is 9.47 Å². The summed E-state index contributed by atoms with van der Waals surface area (Å²) >= 11 is 1.72. The highest BCUT2D eigenvalue weighted by Crippen LogP contribution is 2.38. The molecule has 1 aromatic rings. The molecule has 0 amide bonds. The van der Waals surface area contributed by atoms with Crippen molar-refractivity contribution in [3.05, 3.63) is 18.2 Å². The number of rotatable bonds is 1. The summed E-state index contributed by atoms with van der Waals surface area (Å²) in [6, 6.07) is 6.00. The van der Waals surface area contributed by atoms with Crippen molar-refractivity contribution in [3.8, 4) is 11.5 Å². The third kappa shape index (κ3) is 2.15. The summed E-state index contributed by atoms with van der Waals surface area (Å²) in [5, 5.41) is 0. The van der Waals surface area contributed by atoms with Gasteiger partial charge in [-0.25, -0.2) is 0 Å². The van der Waals surface area contributed by atoms with Gasteiger partial charge in [-0.05, 0) is 32.9 Å². The molecular weight excluding hydrogens is 196 g/mol. The molecule has 0 fully saturated rings. The zero-order valence-electron chi connectivity index (χ0n) is 8.66. The van der Waals surface area contributed by atoms with Crippen molar-refractivity contribution in [2.45, 2.75) is 31.3 Å². The zero-order valence-corrected chi connectivity index (χ0v) is 9.48. The van der Waals surface area contributed by atoms with Crippen molar-refractivity contribution >= 4 is 11.8 Å². The highest BCUT2D eigenvalue weighted by molar-refractivity contribution is 7.99. The normalized spacial score (nSPS) is 14.8. The lowest BCUT2D eigenvalue weighted by Crippen LogP contribution is -2.22. The van der Waals surface area contributed by atoms with Crippen LogP contribution in [0.3, 0.4) is 0 Å².